The molecule has 0 saturated carbocycles. The molecule has 1 aromatic heterocycles. The quantitative estimate of drug-likeness (QED) is 0.716. The van der Waals surface area contributed by atoms with Crippen molar-refractivity contribution < 1.29 is 14.7 Å². The van der Waals surface area contributed by atoms with Gasteiger partial charge in [-0.05, 0) is 11.1 Å². The monoisotopic (exact) mass is 220 g/mol. The molecule has 0 amide bonds. The lowest BCUT2D eigenvalue weighted by molar-refractivity contribution is 0.0956. The third kappa shape index (κ3) is 1.91. The van der Waals surface area contributed by atoms with Crippen LogP contribution in [0.2, 0.25) is 0 Å². The summed E-state index contributed by atoms with van der Waals surface area (Å²) in [6.07, 6.45) is 0.682. The summed E-state index contributed by atoms with van der Waals surface area (Å²) in [6, 6.07) is 7.03. The topological polar surface area (TPSA) is 92.5 Å². The minimum Gasteiger partial charge on any atom is -0.393 e. The van der Waals surface area contributed by atoms with E-state index in [0.717, 1.165) is 5.56 Å². The molecule has 16 heavy (non-hydrogen) atoms. The fourth-order valence-electron chi connectivity index (χ4n) is 1.46. The molecule has 0 aliphatic rings. The number of rotatable bonds is 3. The zero-order valence-electron chi connectivity index (χ0n) is 8.50. The van der Waals surface area contributed by atoms with E-state index in [2.05, 4.69) is 5.16 Å². The van der Waals surface area contributed by atoms with Crippen LogP contribution < -0.4 is 5.73 Å². The maximum atomic E-state index is 9.40. The van der Waals surface area contributed by atoms with E-state index >= 15 is 0 Å². The number of benzene rings is 1. The number of hydrogen-bond acceptors (Lipinski definition) is 5. The van der Waals surface area contributed by atoms with Gasteiger partial charge in [-0.3, -0.25) is 0 Å². The minimum absolute atomic E-state index is 0.260. The molecule has 5 nitrogen and oxygen atoms in total. The number of nitrogen functional groups attached to an aromatic ring is 1. The first-order valence-corrected chi connectivity index (χ1v) is 4.81. The van der Waals surface area contributed by atoms with Gasteiger partial charge in [0.05, 0.1) is 18.4 Å². The lowest BCUT2D eigenvalue weighted by atomic mass is 10.0. The van der Waals surface area contributed by atoms with Crippen molar-refractivity contribution in [2.45, 2.75) is 6.10 Å². The molecular formula is C11H12N2O3. The summed E-state index contributed by atoms with van der Waals surface area (Å²) >= 11 is 0. The van der Waals surface area contributed by atoms with E-state index < -0.39 is 6.10 Å². The van der Waals surface area contributed by atoms with Gasteiger partial charge in [0.2, 0.25) is 5.88 Å². The van der Waals surface area contributed by atoms with Crippen LogP contribution in [0.4, 0.5) is 5.88 Å². The summed E-state index contributed by atoms with van der Waals surface area (Å²) in [7, 11) is 0. The largest absolute Gasteiger partial charge is 0.393 e. The third-order valence-corrected chi connectivity index (χ3v) is 2.38. The van der Waals surface area contributed by atoms with Crippen LogP contribution in [0.5, 0.6) is 0 Å². The maximum Gasteiger partial charge on any atom is 0.229 e. The molecule has 0 aliphatic carbocycles. The molecule has 4 N–H and O–H groups in total. The van der Waals surface area contributed by atoms with Crippen LogP contribution in [0, 0.1) is 0 Å². The van der Waals surface area contributed by atoms with Gasteiger partial charge < -0.3 is 20.5 Å². The molecule has 2 rings (SSSR count). The second kappa shape index (κ2) is 4.34. The van der Waals surface area contributed by atoms with Crippen LogP contribution in [0.3, 0.4) is 0 Å². The Balaban J connectivity index is 2.30. The number of aliphatic hydroxyl groups is 2. The van der Waals surface area contributed by atoms with Gasteiger partial charge in [0, 0.05) is 0 Å². The number of aliphatic hydroxyl groups excluding tert-OH is 2. The Morgan fingerprint density at radius 3 is 2.50 bits per heavy atom. The van der Waals surface area contributed by atoms with Gasteiger partial charge in [0.1, 0.15) is 6.10 Å². The van der Waals surface area contributed by atoms with Crippen molar-refractivity contribution in [2.24, 2.45) is 0 Å². The van der Waals surface area contributed by atoms with Crippen molar-refractivity contribution >= 4 is 5.88 Å². The number of anilines is 1. The van der Waals surface area contributed by atoms with Gasteiger partial charge in [-0.1, -0.05) is 29.4 Å². The first kappa shape index (κ1) is 10.7. The smallest absolute Gasteiger partial charge is 0.229 e. The Morgan fingerprint density at radius 1 is 1.31 bits per heavy atom. The number of aromatic nitrogens is 1. The summed E-state index contributed by atoms with van der Waals surface area (Å²) in [5.41, 5.74) is 7.80. The second-order valence-electron chi connectivity index (χ2n) is 3.42. The minimum atomic E-state index is -0.853. The van der Waals surface area contributed by atoms with Gasteiger partial charge in [-0.2, -0.15) is 0 Å². The molecule has 84 valence electrons. The SMILES string of the molecule is Nc1oncc1-c1ccc(C(O)CO)cc1. The molecule has 1 atom stereocenters. The van der Waals surface area contributed by atoms with Crippen LogP contribution >= 0.6 is 0 Å². The molecule has 0 aliphatic heterocycles. The highest BCUT2D eigenvalue weighted by Crippen LogP contribution is 2.26. The molecule has 0 spiro atoms. The summed E-state index contributed by atoms with van der Waals surface area (Å²) in [5, 5.41) is 21.8. The number of nitrogens with two attached hydrogens (primary N) is 1. The summed E-state index contributed by atoms with van der Waals surface area (Å²) in [4.78, 5) is 0. The molecule has 5 heteroatoms. The van der Waals surface area contributed by atoms with E-state index in [0.29, 0.717) is 11.1 Å². The zero-order chi connectivity index (χ0) is 11.5. The Morgan fingerprint density at radius 2 is 2.00 bits per heavy atom. The lowest BCUT2D eigenvalue weighted by Gasteiger charge is -2.07. The first-order valence-electron chi connectivity index (χ1n) is 4.81. The second-order valence-corrected chi connectivity index (χ2v) is 3.42. The summed E-state index contributed by atoms with van der Waals surface area (Å²) < 4.78 is 4.76. The summed E-state index contributed by atoms with van der Waals surface area (Å²) in [6.45, 7) is -0.297. The Bertz CT molecular complexity index is 464. The van der Waals surface area contributed by atoms with Crippen molar-refractivity contribution in [3.05, 3.63) is 36.0 Å². The van der Waals surface area contributed by atoms with Gasteiger partial charge in [0.25, 0.3) is 0 Å². The average Bonchev–Trinajstić information content (AvgIpc) is 2.75. The van der Waals surface area contributed by atoms with Crippen molar-refractivity contribution in [1.82, 2.24) is 5.16 Å². The maximum absolute atomic E-state index is 9.40. The molecule has 0 radical (unpaired) electrons. The molecule has 1 heterocycles. The van der Waals surface area contributed by atoms with Crippen LogP contribution in [-0.4, -0.2) is 22.0 Å². The van der Waals surface area contributed by atoms with E-state index in [1.54, 1.807) is 24.3 Å². The predicted molar refractivity (Wildman–Crippen MR) is 58.4 cm³/mol. The standard InChI is InChI=1S/C11H12N2O3/c12-11-9(5-13-16-11)7-1-3-8(4-2-7)10(15)6-14/h1-5,10,14-15H,6,12H2. The molecule has 0 fully saturated rings. The van der Waals surface area contributed by atoms with Crippen LogP contribution in [-0.2, 0) is 0 Å². The molecule has 0 bridgehead atoms. The molecule has 0 saturated heterocycles. The van der Waals surface area contributed by atoms with E-state index in [-0.39, 0.29) is 12.5 Å². The van der Waals surface area contributed by atoms with Gasteiger partial charge >= 0.3 is 0 Å². The highest BCUT2D eigenvalue weighted by atomic mass is 16.5. The normalized spacial score (nSPS) is 12.6. The molecular weight excluding hydrogens is 208 g/mol. The molecule has 1 unspecified atom stereocenters. The van der Waals surface area contributed by atoms with E-state index in [4.69, 9.17) is 15.4 Å². The Labute approximate surface area is 92.1 Å². The van der Waals surface area contributed by atoms with E-state index in [1.807, 2.05) is 0 Å². The van der Waals surface area contributed by atoms with Crippen LogP contribution in [0.25, 0.3) is 11.1 Å². The predicted octanol–water partition coefficient (Wildman–Crippen LogP) is 0.949. The van der Waals surface area contributed by atoms with Crippen LogP contribution in [0.1, 0.15) is 11.7 Å². The van der Waals surface area contributed by atoms with Crippen molar-refractivity contribution in [2.75, 3.05) is 12.3 Å². The van der Waals surface area contributed by atoms with Crippen molar-refractivity contribution in [3.8, 4) is 11.1 Å². The lowest BCUT2D eigenvalue weighted by Crippen LogP contribution is -2.01. The summed E-state index contributed by atoms with van der Waals surface area (Å²) in [5.74, 6) is 0.260. The molecule has 1 aromatic carbocycles. The molecule has 2 aromatic rings. The number of hydrogen-bond donors (Lipinski definition) is 3. The highest BCUT2D eigenvalue weighted by Gasteiger charge is 2.09. The fraction of sp³-hybridized carbons (Fsp3) is 0.182. The van der Waals surface area contributed by atoms with E-state index in [9.17, 15) is 5.11 Å². The Kier molecular flexibility index (Phi) is 2.89. The Hall–Kier alpha value is -1.85. The van der Waals surface area contributed by atoms with Crippen molar-refractivity contribution in [3.63, 3.8) is 0 Å². The zero-order valence-corrected chi connectivity index (χ0v) is 8.50. The van der Waals surface area contributed by atoms with Gasteiger partial charge in [-0.15, -0.1) is 0 Å². The average molecular weight is 220 g/mol. The fourth-order valence-corrected chi connectivity index (χ4v) is 1.46. The van der Waals surface area contributed by atoms with Gasteiger partial charge in [0.15, 0.2) is 0 Å². The van der Waals surface area contributed by atoms with Gasteiger partial charge in [-0.25, -0.2) is 0 Å². The van der Waals surface area contributed by atoms with E-state index in [1.165, 1.54) is 6.20 Å². The first-order chi connectivity index (χ1) is 7.72. The number of nitrogens with zero attached hydrogens (tertiary/aromatic N) is 1. The highest BCUT2D eigenvalue weighted by molar-refractivity contribution is 5.71. The van der Waals surface area contributed by atoms with Crippen LogP contribution in [0.15, 0.2) is 35.0 Å². The van der Waals surface area contributed by atoms with Crippen molar-refractivity contribution in [1.29, 1.82) is 0 Å². The third-order valence-electron chi connectivity index (χ3n) is 2.38.